The topological polar surface area (TPSA) is 38.7 Å². The fourth-order valence-corrected chi connectivity index (χ4v) is 1.26. The van der Waals surface area contributed by atoms with Crippen LogP contribution in [0, 0.1) is 0 Å². The molecule has 0 saturated carbocycles. The van der Waals surface area contributed by atoms with Gasteiger partial charge in [0.25, 0.3) is 0 Å². The lowest BCUT2D eigenvalue weighted by atomic mass is 10.1. The maximum atomic E-state index is 9.61. The molecule has 0 atom stereocenters. The molecule has 0 aliphatic heterocycles. The number of rotatable bonds is 4. The first-order valence-electron chi connectivity index (χ1n) is 5.10. The Hall–Kier alpha value is -1.48. The Kier molecular flexibility index (Phi) is 3.96. The number of benzene rings is 1. The van der Waals surface area contributed by atoms with Crippen molar-refractivity contribution in [3.63, 3.8) is 0 Å². The summed E-state index contributed by atoms with van der Waals surface area (Å²) in [5, 5.41) is 9.61. The van der Waals surface area contributed by atoms with Gasteiger partial charge in [0, 0.05) is 5.56 Å². The van der Waals surface area contributed by atoms with Crippen LogP contribution >= 0.6 is 0 Å². The highest BCUT2D eigenvalue weighted by atomic mass is 16.5. The van der Waals surface area contributed by atoms with Gasteiger partial charge in [-0.2, -0.15) is 0 Å². The number of hydrogen-bond acceptors (Lipinski definition) is 3. The summed E-state index contributed by atoms with van der Waals surface area (Å²) in [5.41, 5.74) is 0.0395. The molecule has 88 valence electrons. The van der Waals surface area contributed by atoms with Crippen LogP contribution in [0.4, 0.5) is 0 Å². The quantitative estimate of drug-likeness (QED) is 0.850. The molecule has 1 aromatic rings. The number of methoxy groups -OCH3 is 2. The molecule has 0 heterocycles. The molecule has 0 amide bonds. The lowest BCUT2D eigenvalue weighted by molar-refractivity contribution is 0.134. The molecule has 1 aromatic carbocycles. The van der Waals surface area contributed by atoms with Crippen LogP contribution in [0.5, 0.6) is 11.5 Å². The number of hydrogen-bond donors (Lipinski definition) is 1. The zero-order chi connectivity index (χ0) is 12.2. The summed E-state index contributed by atoms with van der Waals surface area (Å²) in [7, 11) is 3.23. The van der Waals surface area contributed by atoms with Gasteiger partial charge in [0.2, 0.25) is 0 Å². The molecule has 1 rings (SSSR count). The van der Waals surface area contributed by atoms with Gasteiger partial charge in [0.1, 0.15) is 11.5 Å². The average Bonchev–Trinajstić information content (AvgIpc) is 2.25. The standard InChI is InChI=1S/C13H18O3/c1-13(2,14)8-7-10-9-11(15-3)5-6-12(10)16-4/h5-9,14H,1-4H3/b8-7+. The van der Waals surface area contributed by atoms with Crippen LogP contribution in [0.15, 0.2) is 24.3 Å². The second kappa shape index (κ2) is 5.03. The van der Waals surface area contributed by atoms with Gasteiger partial charge < -0.3 is 14.6 Å². The lowest BCUT2D eigenvalue weighted by Gasteiger charge is -2.12. The maximum absolute atomic E-state index is 9.61. The normalized spacial score (nSPS) is 11.8. The SMILES string of the molecule is COc1ccc(OC)c(/C=C/C(C)(C)O)c1. The van der Waals surface area contributed by atoms with Crippen LogP contribution in [-0.2, 0) is 0 Å². The molecule has 1 N–H and O–H groups in total. The van der Waals surface area contributed by atoms with Crippen molar-refractivity contribution in [2.45, 2.75) is 19.4 Å². The molecule has 3 heteroatoms. The Morgan fingerprint density at radius 2 is 1.88 bits per heavy atom. The maximum Gasteiger partial charge on any atom is 0.126 e. The first kappa shape index (κ1) is 12.6. The molecule has 0 aliphatic rings. The molecule has 0 unspecified atom stereocenters. The molecule has 0 aliphatic carbocycles. The van der Waals surface area contributed by atoms with Crippen molar-refractivity contribution in [1.82, 2.24) is 0 Å². The molecule has 0 bridgehead atoms. The minimum atomic E-state index is -0.839. The zero-order valence-corrected chi connectivity index (χ0v) is 10.2. The molecular weight excluding hydrogens is 204 g/mol. The van der Waals surface area contributed by atoms with E-state index in [0.29, 0.717) is 0 Å². The Balaban J connectivity index is 3.05. The van der Waals surface area contributed by atoms with E-state index in [-0.39, 0.29) is 0 Å². The van der Waals surface area contributed by atoms with E-state index in [1.165, 1.54) is 0 Å². The molecular formula is C13H18O3. The Morgan fingerprint density at radius 3 is 2.38 bits per heavy atom. The Bertz CT molecular complexity index is 375. The van der Waals surface area contributed by atoms with Crippen LogP contribution in [0.3, 0.4) is 0 Å². The van der Waals surface area contributed by atoms with Gasteiger partial charge in [-0.3, -0.25) is 0 Å². The van der Waals surface area contributed by atoms with Gasteiger partial charge >= 0.3 is 0 Å². The molecule has 0 saturated heterocycles. The van der Waals surface area contributed by atoms with Gasteiger partial charge in [-0.1, -0.05) is 12.2 Å². The summed E-state index contributed by atoms with van der Waals surface area (Å²) in [4.78, 5) is 0. The summed E-state index contributed by atoms with van der Waals surface area (Å²) in [6.07, 6.45) is 3.53. The van der Waals surface area contributed by atoms with E-state index < -0.39 is 5.60 Å². The predicted octanol–water partition coefficient (Wildman–Crippen LogP) is 2.49. The van der Waals surface area contributed by atoms with Crippen molar-refractivity contribution >= 4 is 6.08 Å². The van der Waals surface area contributed by atoms with Crippen LogP contribution < -0.4 is 9.47 Å². The van der Waals surface area contributed by atoms with Crippen LogP contribution in [0.25, 0.3) is 6.08 Å². The van der Waals surface area contributed by atoms with Gasteiger partial charge in [-0.25, -0.2) is 0 Å². The van der Waals surface area contributed by atoms with Crippen molar-refractivity contribution < 1.29 is 14.6 Å². The largest absolute Gasteiger partial charge is 0.497 e. The second-order valence-electron chi connectivity index (χ2n) is 4.09. The molecule has 0 fully saturated rings. The van der Waals surface area contributed by atoms with E-state index in [1.807, 2.05) is 24.3 Å². The van der Waals surface area contributed by atoms with E-state index in [2.05, 4.69) is 0 Å². The summed E-state index contributed by atoms with van der Waals surface area (Å²) in [6, 6.07) is 5.53. The molecule has 0 aromatic heterocycles. The monoisotopic (exact) mass is 222 g/mol. The van der Waals surface area contributed by atoms with E-state index in [0.717, 1.165) is 17.1 Å². The van der Waals surface area contributed by atoms with Crippen LogP contribution in [0.1, 0.15) is 19.4 Å². The van der Waals surface area contributed by atoms with Crippen molar-refractivity contribution in [2.75, 3.05) is 14.2 Å². The average molecular weight is 222 g/mol. The number of aliphatic hydroxyl groups is 1. The summed E-state index contributed by atoms with van der Waals surface area (Å²) in [6.45, 7) is 3.44. The highest BCUT2D eigenvalue weighted by molar-refractivity contribution is 5.60. The fraction of sp³-hybridized carbons (Fsp3) is 0.385. The molecule has 0 radical (unpaired) electrons. The molecule has 3 nitrogen and oxygen atoms in total. The van der Waals surface area contributed by atoms with Crippen LogP contribution in [-0.4, -0.2) is 24.9 Å². The Morgan fingerprint density at radius 1 is 1.19 bits per heavy atom. The second-order valence-corrected chi connectivity index (χ2v) is 4.09. The van der Waals surface area contributed by atoms with Crippen molar-refractivity contribution in [2.24, 2.45) is 0 Å². The molecule has 16 heavy (non-hydrogen) atoms. The van der Waals surface area contributed by atoms with Crippen LogP contribution in [0.2, 0.25) is 0 Å². The lowest BCUT2D eigenvalue weighted by Crippen LogP contribution is -2.13. The number of ether oxygens (including phenoxy) is 2. The van der Waals surface area contributed by atoms with E-state index in [1.54, 1.807) is 34.1 Å². The van der Waals surface area contributed by atoms with E-state index >= 15 is 0 Å². The first-order valence-corrected chi connectivity index (χ1v) is 5.10. The summed E-state index contributed by atoms with van der Waals surface area (Å²) >= 11 is 0. The fourth-order valence-electron chi connectivity index (χ4n) is 1.26. The Labute approximate surface area is 96.3 Å². The van der Waals surface area contributed by atoms with Crippen molar-refractivity contribution in [1.29, 1.82) is 0 Å². The van der Waals surface area contributed by atoms with E-state index in [4.69, 9.17) is 9.47 Å². The minimum absolute atomic E-state index is 0.751. The third kappa shape index (κ3) is 3.59. The van der Waals surface area contributed by atoms with Gasteiger partial charge in [-0.15, -0.1) is 0 Å². The van der Waals surface area contributed by atoms with Gasteiger partial charge in [0.05, 0.1) is 19.8 Å². The summed E-state index contributed by atoms with van der Waals surface area (Å²) in [5.74, 6) is 1.51. The third-order valence-corrected chi connectivity index (χ3v) is 2.11. The van der Waals surface area contributed by atoms with Gasteiger partial charge in [0.15, 0.2) is 0 Å². The molecule has 0 spiro atoms. The third-order valence-electron chi connectivity index (χ3n) is 2.11. The smallest absolute Gasteiger partial charge is 0.126 e. The van der Waals surface area contributed by atoms with Crippen molar-refractivity contribution in [3.8, 4) is 11.5 Å². The minimum Gasteiger partial charge on any atom is -0.497 e. The van der Waals surface area contributed by atoms with Crippen molar-refractivity contribution in [3.05, 3.63) is 29.8 Å². The highest BCUT2D eigenvalue weighted by Crippen LogP contribution is 2.25. The first-order chi connectivity index (χ1) is 7.46. The summed E-state index contributed by atoms with van der Waals surface area (Å²) < 4.78 is 10.4. The van der Waals surface area contributed by atoms with E-state index in [9.17, 15) is 5.11 Å². The van der Waals surface area contributed by atoms with Gasteiger partial charge in [-0.05, 0) is 32.0 Å². The highest BCUT2D eigenvalue weighted by Gasteiger charge is 2.08. The predicted molar refractivity (Wildman–Crippen MR) is 64.9 cm³/mol. The zero-order valence-electron chi connectivity index (χ0n) is 10.2.